The lowest BCUT2D eigenvalue weighted by molar-refractivity contribution is 0.415. The maximum absolute atomic E-state index is 6.07. The van der Waals surface area contributed by atoms with Crippen molar-refractivity contribution in [3.8, 4) is 5.75 Å². The first-order valence-corrected chi connectivity index (χ1v) is 5.77. The zero-order valence-corrected chi connectivity index (χ0v) is 10.1. The number of rotatable bonds is 5. The van der Waals surface area contributed by atoms with Crippen LogP contribution in [0, 0.1) is 0 Å². The SMILES string of the molecule is COc1ccc(N(C)CCC2(N)CC2)cc1. The lowest BCUT2D eigenvalue weighted by Crippen LogP contribution is -2.29. The van der Waals surface area contributed by atoms with Crippen LogP contribution in [0.3, 0.4) is 0 Å². The number of methoxy groups -OCH3 is 1. The third-order valence-electron chi connectivity index (χ3n) is 3.35. The fraction of sp³-hybridized carbons (Fsp3) is 0.538. The number of hydrogen-bond acceptors (Lipinski definition) is 3. The summed E-state index contributed by atoms with van der Waals surface area (Å²) in [5.74, 6) is 0.898. The van der Waals surface area contributed by atoms with Crippen molar-refractivity contribution in [3.05, 3.63) is 24.3 Å². The van der Waals surface area contributed by atoms with Gasteiger partial charge in [0.2, 0.25) is 0 Å². The molecule has 1 saturated carbocycles. The summed E-state index contributed by atoms with van der Waals surface area (Å²) >= 11 is 0. The Morgan fingerprint density at radius 1 is 1.31 bits per heavy atom. The second-order valence-electron chi connectivity index (χ2n) is 4.73. The van der Waals surface area contributed by atoms with Gasteiger partial charge in [-0.15, -0.1) is 0 Å². The molecular weight excluding hydrogens is 200 g/mol. The van der Waals surface area contributed by atoms with Gasteiger partial charge in [-0.3, -0.25) is 0 Å². The van der Waals surface area contributed by atoms with E-state index in [0.29, 0.717) is 0 Å². The van der Waals surface area contributed by atoms with Crippen LogP contribution in [0.2, 0.25) is 0 Å². The van der Waals surface area contributed by atoms with Gasteiger partial charge in [0, 0.05) is 24.8 Å². The zero-order valence-electron chi connectivity index (χ0n) is 10.1. The fourth-order valence-corrected chi connectivity index (χ4v) is 1.77. The molecule has 1 fully saturated rings. The molecule has 88 valence electrons. The molecule has 1 aromatic carbocycles. The van der Waals surface area contributed by atoms with Crippen molar-refractivity contribution < 1.29 is 4.74 Å². The van der Waals surface area contributed by atoms with E-state index in [1.807, 2.05) is 12.1 Å². The number of hydrogen-bond donors (Lipinski definition) is 1. The van der Waals surface area contributed by atoms with Crippen LogP contribution in [0.1, 0.15) is 19.3 Å². The topological polar surface area (TPSA) is 38.5 Å². The molecule has 0 unspecified atom stereocenters. The number of anilines is 1. The lowest BCUT2D eigenvalue weighted by atomic mass is 10.2. The van der Waals surface area contributed by atoms with Gasteiger partial charge in [0.1, 0.15) is 5.75 Å². The lowest BCUT2D eigenvalue weighted by Gasteiger charge is -2.21. The van der Waals surface area contributed by atoms with Crippen LogP contribution < -0.4 is 15.4 Å². The normalized spacial score (nSPS) is 16.9. The van der Waals surface area contributed by atoms with E-state index in [1.165, 1.54) is 18.5 Å². The first-order chi connectivity index (χ1) is 7.63. The van der Waals surface area contributed by atoms with Gasteiger partial charge in [-0.05, 0) is 43.5 Å². The Morgan fingerprint density at radius 2 is 1.94 bits per heavy atom. The molecule has 1 aliphatic rings. The Balaban J connectivity index is 1.89. The van der Waals surface area contributed by atoms with Crippen molar-refractivity contribution in [2.45, 2.75) is 24.8 Å². The second kappa shape index (κ2) is 4.34. The van der Waals surface area contributed by atoms with Gasteiger partial charge in [0.25, 0.3) is 0 Å². The quantitative estimate of drug-likeness (QED) is 0.825. The Bertz CT molecular complexity index is 343. The molecular formula is C13H20N2O. The largest absolute Gasteiger partial charge is 0.497 e. The van der Waals surface area contributed by atoms with Crippen molar-refractivity contribution in [1.29, 1.82) is 0 Å². The average Bonchev–Trinajstić information content (AvgIpc) is 3.05. The highest BCUT2D eigenvalue weighted by Crippen LogP contribution is 2.35. The highest BCUT2D eigenvalue weighted by molar-refractivity contribution is 5.48. The third-order valence-corrected chi connectivity index (χ3v) is 3.35. The number of ether oxygens (including phenoxy) is 1. The van der Waals surface area contributed by atoms with Crippen LogP contribution in [0.4, 0.5) is 5.69 Å². The summed E-state index contributed by atoms with van der Waals surface area (Å²) in [5.41, 5.74) is 7.42. The second-order valence-corrected chi connectivity index (χ2v) is 4.73. The van der Waals surface area contributed by atoms with Crippen LogP contribution in [0.25, 0.3) is 0 Å². The molecule has 0 spiro atoms. The van der Waals surface area contributed by atoms with E-state index in [4.69, 9.17) is 10.5 Å². The van der Waals surface area contributed by atoms with Crippen molar-refractivity contribution in [3.63, 3.8) is 0 Å². The van der Waals surface area contributed by atoms with Crippen LogP contribution in [0.5, 0.6) is 5.75 Å². The first-order valence-electron chi connectivity index (χ1n) is 5.77. The van der Waals surface area contributed by atoms with Crippen molar-refractivity contribution in [2.24, 2.45) is 5.73 Å². The van der Waals surface area contributed by atoms with Crippen molar-refractivity contribution in [2.75, 3.05) is 25.6 Å². The van der Waals surface area contributed by atoms with E-state index in [-0.39, 0.29) is 5.54 Å². The molecule has 0 saturated heterocycles. The minimum absolute atomic E-state index is 0.140. The summed E-state index contributed by atoms with van der Waals surface area (Å²) in [6.45, 7) is 1.02. The molecule has 2 N–H and O–H groups in total. The minimum Gasteiger partial charge on any atom is -0.497 e. The van der Waals surface area contributed by atoms with Crippen LogP contribution in [-0.4, -0.2) is 26.2 Å². The Labute approximate surface area is 97.2 Å². The van der Waals surface area contributed by atoms with Crippen LogP contribution in [0.15, 0.2) is 24.3 Å². The molecule has 0 atom stereocenters. The highest BCUT2D eigenvalue weighted by Gasteiger charge is 2.37. The molecule has 2 rings (SSSR count). The van der Waals surface area contributed by atoms with Gasteiger partial charge in [-0.2, -0.15) is 0 Å². The van der Waals surface area contributed by atoms with Gasteiger partial charge < -0.3 is 15.4 Å². The maximum atomic E-state index is 6.07. The molecule has 0 radical (unpaired) electrons. The summed E-state index contributed by atoms with van der Waals surface area (Å²) < 4.78 is 5.13. The highest BCUT2D eigenvalue weighted by atomic mass is 16.5. The predicted octanol–water partition coefficient (Wildman–Crippen LogP) is 2.01. The molecule has 0 aliphatic heterocycles. The summed E-state index contributed by atoms with van der Waals surface area (Å²) in [7, 11) is 3.79. The van der Waals surface area contributed by atoms with Gasteiger partial charge in [-0.1, -0.05) is 0 Å². The molecule has 16 heavy (non-hydrogen) atoms. The Hall–Kier alpha value is -1.22. The Morgan fingerprint density at radius 3 is 2.44 bits per heavy atom. The Kier molecular flexibility index (Phi) is 3.06. The number of benzene rings is 1. The molecule has 1 aliphatic carbocycles. The smallest absolute Gasteiger partial charge is 0.119 e. The third kappa shape index (κ3) is 2.67. The molecule has 3 heteroatoms. The average molecular weight is 220 g/mol. The molecule has 1 aromatic rings. The van der Waals surface area contributed by atoms with Gasteiger partial charge in [0.05, 0.1) is 7.11 Å². The predicted molar refractivity (Wildman–Crippen MR) is 67.0 cm³/mol. The van der Waals surface area contributed by atoms with E-state index in [9.17, 15) is 0 Å². The molecule has 3 nitrogen and oxygen atoms in total. The molecule has 0 heterocycles. The summed E-state index contributed by atoms with van der Waals surface area (Å²) in [6.07, 6.45) is 3.45. The van der Waals surface area contributed by atoms with Gasteiger partial charge in [-0.25, -0.2) is 0 Å². The van der Waals surface area contributed by atoms with Gasteiger partial charge in [0.15, 0.2) is 0 Å². The summed E-state index contributed by atoms with van der Waals surface area (Å²) in [5, 5.41) is 0. The molecule has 0 bridgehead atoms. The van der Waals surface area contributed by atoms with E-state index in [1.54, 1.807) is 7.11 Å². The van der Waals surface area contributed by atoms with Crippen LogP contribution in [-0.2, 0) is 0 Å². The zero-order chi connectivity index (χ0) is 11.6. The standard InChI is InChI=1S/C13H20N2O/c1-15(10-9-13(14)7-8-13)11-3-5-12(16-2)6-4-11/h3-6H,7-10,14H2,1-2H3. The van der Waals surface area contributed by atoms with Crippen LogP contribution >= 0.6 is 0 Å². The van der Waals surface area contributed by atoms with E-state index in [2.05, 4.69) is 24.1 Å². The molecule has 0 amide bonds. The van der Waals surface area contributed by atoms with E-state index >= 15 is 0 Å². The first kappa shape index (κ1) is 11.3. The summed E-state index contributed by atoms with van der Waals surface area (Å²) in [6, 6.07) is 8.13. The monoisotopic (exact) mass is 220 g/mol. The van der Waals surface area contributed by atoms with E-state index in [0.717, 1.165) is 18.7 Å². The van der Waals surface area contributed by atoms with Gasteiger partial charge >= 0.3 is 0 Å². The maximum Gasteiger partial charge on any atom is 0.119 e. The number of nitrogens with zero attached hydrogens (tertiary/aromatic N) is 1. The molecule has 0 aromatic heterocycles. The number of nitrogens with two attached hydrogens (primary N) is 1. The minimum atomic E-state index is 0.140. The summed E-state index contributed by atoms with van der Waals surface area (Å²) in [4.78, 5) is 2.24. The van der Waals surface area contributed by atoms with E-state index < -0.39 is 0 Å². The van der Waals surface area contributed by atoms with Crippen molar-refractivity contribution in [1.82, 2.24) is 0 Å². The van der Waals surface area contributed by atoms with Crippen molar-refractivity contribution >= 4 is 5.69 Å². The fourth-order valence-electron chi connectivity index (χ4n) is 1.77.